The van der Waals surface area contributed by atoms with Gasteiger partial charge in [0, 0.05) is 19.2 Å². The number of aromatic nitrogens is 2. The van der Waals surface area contributed by atoms with Crippen molar-refractivity contribution in [2.45, 2.75) is 18.1 Å². The van der Waals surface area contributed by atoms with Gasteiger partial charge in [0.1, 0.15) is 5.82 Å². The summed E-state index contributed by atoms with van der Waals surface area (Å²) in [7, 11) is -2.01. The lowest BCUT2D eigenvalue weighted by Gasteiger charge is -2.06. The van der Waals surface area contributed by atoms with E-state index in [-0.39, 0.29) is 17.6 Å². The number of hydrogen-bond acceptors (Lipinski definition) is 4. The highest BCUT2D eigenvalue weighted by molar-refractivity contribution is 7.89. The van der Waals surface area contributed by atoms with Crippen molar-refractivity contribution in [1.29, 1.82) is 0 Å². The van der Waals surface area contributed by atoms with Crippen LogP contribution in [0.5, 0.6) is 0 Å². The van der Waals surface area contributed by atoms with Crippen LogP contribution in [-0.2, 0) is 27.6 Å². The molecule has 0 aliphatic heterocycles. The Balaban J connectivity index is 1.60. The fraction of sp³-hybridized carbons (Fsp3) is 0.333. The van der Waals surface area contributed by atoms with Crippen LogP contribution in [0.2, 0.25) is 0 Å². The first-order valence-electron chi connectivity index (χ1n) is 7.11. The van der Waals surface area contributed by atoms with Crippen LogP contribution < -0.4 is 4.72 Å². The van der Waals surface area contributed by atoms with Gasteiger partial charge in [0.05, 0.1) is 11.9 Å². The summed E-state index contributed by atoms with van der Waals surface area (Å²) < 4.78 is 40.6. The molecule has 1 aromatic heterocycles. The van der Waals surface area contributed by atoms with E-state index >= 15 is 0 Å². The van der Waals surface area contributed by atoms with Gasteiger partial charge in [0.2, 0.25) is 15.9 Å². The Labute approximate surface area is 133 Å². The zero-order valence-corrected chi connectivity index (χ0v) is 13.3. The molecule has 1 N–H and O–H groups in total. The monoisotopic (exact) mass is 337 g/mol. The minimum Gasteiger partial charge on any atom is -0.276 e. The van der Waals surface area contributed by atoms with Crippen molar-refractivity contribution in [3.63, 3.8) is 0 Å². The highest BCUT2D eigenvalue weighted by Crippen LogP contribution is 2.47. The van der Waals surface area contributed by atoms with Crippen molar-refractivity contribution in [3.8, 4) is 0 Å². The summed E-state index contributed by atoms with van der Waals surface area (Å²) in [4.78, 5) is 12.1. The second-order valence-corrected chi connectivity index (χ2v) is 7.47. The number of aryl methyl sites for hydroxylation is 1. The normalized spacial score (nSPS) is 20.3. The zero-order valence-electron chi connectivity index (χ0n) is 12.4. The van der Waals surface area contributed by atoms with Crippen LogP contribution in [0, 0.1) is 11.7 Å². The number of rotatable bonds is 5. The van der Waals surface area contributed by atoms with E-state index in [1.165, 1.54) is 24.3 Å². The third kappa shape index (κ3) is 3.76. The van der Waals surface area contributed by atoms with E-state index in [0.29, 0.717) is 12.0 Å². The fourth-order valence-corrected chi connectivity index (χ4v) is 3.71. The maximum atomic E-state index is 12.8. The summed E-state index contributed by atoms with van der Waals surface area (Å²) in [5.74, 6) is -1.62. The minimum atomic E-state index is -3.79. The predicted octanol–water partition coefficient (Wildman–Crippen LogP) is 1.31. The molecule has 6 nitrogen and oxygen atoms in total. The van der Waals surface area contributed by atoms with Gasteiger partial charge in [-0.25, -0.2) is 12.8 Å². The standard InChI is InChI=1S/C15H16FN3O3S/c1-19-8-11(7-17-19)13-6-14(13)15(20)18-23(21,22)9-10-2-4-12(16)5-3-10/h2-5,7-8,13-14H,6,9H2,1H3,(H,18,20)/t13-,14-/m0/s1. The Morgan fingerprint density at radius 2 is 2.09 bits per heavy atom. The average molecular weight is 337 g/mol. The molecule has 0 saturated heterocycles. The molecule has 0 bridgehead atoms. The van der Waals surface area contributed by atoms with Crippen molar-refractivity contribution in [2.24, 2.45) is 13.0 Å². The summed E-state index contributed by atoms with van der Waals surface area (Å²) in [5.41, 5.74) is 1.36. The van der Waals surface area contributed by atoms with Crippen molar-refractivity contribution in [1.82, 2.24) is 14.5 Å². The van der Waals surface area contributed by atoms with Crippen molar-refractivity contribution in [3.05, 3.63) is 53.6 Å². The molecular weight excluding hydrogens is 321 g/mol. The van der Waals surface area contributed by atoms with Gasteiger partial charge in [-0.05, 0) is 35.6 Å². The molecule has 2 atom stereocenters. The molecule has 1 aliphatic rings. The van der Waals surface area contributed by atoms with E-state index in [1.807, 2.05) is 6.20 Å². The number of nitrogens with one attached hydrogen (secondary N) is 1. The smallest absolute Gasteiger partial charge is 0.239 e. The molecule has 0 spiro atoms. The van der Waals surface area contributed by atoms with E-state index in [0.717, 1.165) is 5.56 Å². The van der Waals surface area contributed by atoms with E-state index in [4.69, 9.17) is 0 Å². The first-order valence-corrected chi connectivity index (χ1v) is 8.76. The highest BCUT2D eigenvalue weighted by Gasteiger charge is 2.45. The number of amides is 1. The number of carbonyl (C=O) groups is 1. The minimum absolute atomic E-state index is 0.0183. The van der Waals surface area contributed by atoms with Crippen LogP contribution >= 0.6 is 0 Å². The fourth-order valence-electron chi connectivity index (χ4n) is 2.55. The number of sulfonamides is 1. The van der Waals surface area contributed by atoms with Gasteiger partial charge in [-0.15, -0.1) is 0 Å². The number of hydrogen-bond donors (Lipinski definition) is 1. The first kappa shape index (κ1) is 15.7. The van der Waals surface area contributed by atoms with Crippen molar-refractivity contribution in [2.75, 3.05) is 0 Å². The summed E-state index contributed by atoms with van der Waals surface area (Å²) in [6.07, 6.45) is 4.12. The van der Waals surface area contributed by atoms with Gasteiger partial charge in [0.15, 0.2) is 0 Å². The van der Waals surface area contributed by atoms with E-state index in [2.05, 4.69) is 9.82 Å². The molecule has 8 heteroatoms. The Kier molecular flexibility index (Phi) is 3.93. The van der Waals surface area contributed by atoms with Gasteiger partial charge >= 0.3 is 0 Å². The number of nitrogens with zero attached hydrogens (tertiary/aromatic N) is 2. The molecule has 1 amide bonds. The maximum absolute atomic E-state index is 12.8. The number of carbonyl (C=O) groups excluding carboxylic acids is 1. The predicted molar refractivity (Wildman–Crippen MR) is 81.2 cm³/mol. The van der Waals surface area contributed by atoms with Crippen LogP contribution in [0.3, 0.4) is 0 Å². The molecule has 1 fully saturated rings. The average Bonchev–Trinajstić information content (AvgIpc) is 3.16. The van der Waals surface area contributed by atoms with Gasteiger partial charge in [0.25, 0.3) is 0 Å². The quantitative estimate of drug-likeness (QED) is 0.892. The Morgan fingerprint density at radius 3 is 2.70 bits per heavy atom. The molecule has 2 aromatic rings. The van der Waals surface area contributed by atoms with Crippen LogP contribution in [0.25, 0.3) is 0 Å². The number of benzene rings is 1. The molecular formula is C15H16FN3O3S. The molecule has 23 heavy (non-hydrogen) atoms. The summed E-state index contributed by atoms with van der Waals surface area (Å²) in [5, 5.41) is 4.05. The topological polar surface area (TPSA) is 81.1 Å². The van der Waals surface area contributed by atoms with E-state index in [9.17, 15) is 17.6 Å². The molecule has 1 saturated carbocycles. The molecule has 0 radical (unpaired) electrons. The SMILES string of the molecule is Cn1cc([C@@H]2C[C@@H]2C(=O)NS(=O)(=O)Cc2ccc(F)cc2)cn1. The van der Waals surface area contributed by atoms with Gasteiger partial charge < -0.3 is 0 Å². The number of halogens is 1. The second-order valence-electron chi connectivity index (χ2n) is 5.75. The largest absolute Gasteiger partial charge is 0.276 e. The zero-order chi connectivity index (χ0) is 16.6. The molecule has 1 aromatic carbocycles. The molecule has 1 aliphatic carbocycles. The lowest BCUT2D eigenvalue weighted by molar-refractivity contribution is -0.120. The third-order valence-electron chi connectivity index (χ3n) is 3.81. The van der Waals surface area contributed by atoms with Gasteiger partial charge in [-0.3, -0.25) is 14.2 Å². The van der Waals surface area contributed by atoms with E-state index < -0.39 is 21.7 Å². The van der Waals surface area contributed by atoms with Crippen LogP contribution in [0.1, 0.15) is 23.5 Å². The molecule has 122 valence electrons. The summed E-state index contributed by atoms with van der Waals surface area (Å²) >= 11 is 0. The van der Waals surface area contributed by atoms with Gasteiger partial charge in [-0.1, -0.05) is 12.1 Å². The molecule has 1 heterocycles. The Morgan fingerprint density at radius 1 is 1.39 bits per heavy atom. The maximum Gasteiger partial charge on any atom is 0.239 e. The lowest BCUT2D eigenvalue weighted by Crippen LogP contribution is -2.33. The van der Waals surface area contributed by atoms with Crippen LogP contribution in [0.15, 0.2) is 36.7 Å². The van der Waals surface area contributed by atoms with E-state index in [1.54, 1.807) is 17.9 Å². The summed E-state index contributed by atoms with van der Waals surface area (Å²) in [6.45, 7) is 0. The van der Waals surface area contributed by atoms with Gasteiger partial charge in [-0.2, -0.15) is 5.10 Å². The van der Waals surface area contributed by atoms with Crippen LogP contribution in [0.4, 0.5) is 4.39 Å². The van der Waals surface area contributed by atoms with Crippen LogP contribution in [-0.4, -0.2) is 24.1 Å². The second kappa shape index (κ2) is 5.77. The van der Waals surface area contributed by atoms with Crippen molar-refractivity contribution >= 4 is 15.9 Å². The third-order valence-corrected chi connectivity index (χ3v) is 5.03. The highest BCUT2D eigenvalue weighted by atomic mass is 32.2. The molecule has 0 unspecified atom stereocenters. The first-order chi connectivity index (χ1) is 10.8. The molecule has 3 rings (SSSR count). The summed E-state index contributed by atoms with van der Waals surface area (Å²) in [6, 6.07) is 5.14. The van der Waals surface area contributed by atoms with Crippen molar-refractivity contribution < 1.29 is 17.6 Å². The Hall–Kier alpha value is -2.22. The Bertz CT molecular complexity index is 830. The lowest BCUT2D eigenvalue weighted by atomic mass is 10.2.